The zero-order valence-electron chi connectivity index (χ0n) is 11.4. The average molecular weight is 289 g/mol. The number of aromatic carboxylic acids is 1. The highest BCUT2D eigenvalue weighted by molar-refractivity contribution is 5.88. The van der Waals surface area contributed by atoms with Gasteiger partial charge in [0.05, 0.1) is 5.69 Å². The molecule has 2 aromatic rings. The number of hydrogen-bond acceptors (Lipinski definition) is 3. The Morgan fingerprint density at radius 2 is 2.14 bits per heavy atom. The van der Waals surface area contributed by atoms with Crippen LogP contribution in [-0.4, -0.2) is 27.4 Å². The quantitative estimate of drug-likeness (QED) is 0.906. The molecule has 0 saturated heterocycles. The molecule has 0 fully saturated rings. The van der Waals surface area contributed by atoms with Crippen molar-refractivity contribution in [3.8, 4) is 5.69 Å². The van der Waals surface area contributed by atoms with Gasteiger partial charge in [-0.1, -0.05) is 0 Å². The predicted octanol–water partition coefficient (Wildman–Crippen LogP) is 2.09. The van der Waals surface area contributed by atoms with Gasteiger partial charge in [0.2, 0.25) is 0 Å². The Balaban J connectivity index is 2.18. The van der Waals surface area contributed by atoms with Gasteiger partial charge in [0, 0.05) is 17.2 Å². The molecule has 21 heavy (non-hydrogen) atoms. The molecule has 0 amide bonds. The number of nitrogens with two attached hydrogens (primary N) is 1. The topological polar surface area (TPSA) is 81.1 Å². The molecule has 0 bridgehead atoms. The third-order valence-electron chi connectivity index (χ3n) is 3.95. The molecular weight excluding hydrogens is 273 g/mol. The third-order valence-corrected chi connectivity index (χ3v) is 3.95. The number of carboxylic acid groups (broad SMARTS) is 1. The smallest absolute Gasteiger partial charge is 0.356 e. The number of aromatic nitrogens is 2. The van der Waals surface area contributed by atoms with Crippen LogP contribution in [0.25, 0.3) is 5.69 Å². The number of rotatable bonds is 3. The van der Waals surface area contributed by atoms with Gasteiger partial charge >= 0.3 is 5.97 Å². The summed E-state index contributed by atoms with van der Waals surface area (Å²) in [5, 5.41) is 13.6. The van der Waals surface area contributed by atoms with E-state index in [0.29, 0.717) is 12.2 Å². The van der Waals surface area contributed by atoms with Gasteiger partial charge in [0.25, 0.3) is 0 Å². The van der Waals surface area contributed by atoms with E-state index in [1.54, 1.807) is 16.8 Å². The van der Waals surface area contributed by atoms with Crippen molar-refractivity contribution in [3.63, 3.8) is 0 Å². The highest BCUT2D eigenvalue weighted by Gasteiger charge is 2.31. The Bertz CT molecular complexity index is 679. The number of carboxylic acids is 1. The Hall–Kier alpha value is -2.21. The summed E-state index contributed by atoms with van der Waals surface area (Å²) in [4.78, 5) is 11.5. The SMILES string of the molecule is NCC1CCCc2c1c(C(=O)O)nn2-c1ccc(F)cc1. The number of carbonyl (C=O) groups is 1. The summed E-state index contributed by atoms with van der Waals surface area (Å²) in [7, 11) is 0. The first-order valence-electron chi connectivity index (χ1n) is 6.93. The normalized spacial score (nSPS) is 17.5. The van der Waals surface area contributed by atoms with E-state index in [0.717, 1.165) is 30.5 Å². The average Bonchev–Trinajstić information content (AvgIpc) is 2.88. The summed E-state index contributed by atoms with van der Waals surface area (Å²) in [6.45, 7) is 0.405. The molecule has 6 heteroatoms. The van der Waals surface area contributed by atoms with Crippen molar-refractivity contribution in [2.75, 3.05) is 6.54 Å². The van der Waals surface area contributed by atoms with Crippen molar-refractivity contribution >= 4 is 5.97 Å². The van der Waals surface area contributed by atoms with Crippen LogP contribution < -0.4 is 5.73 Å². The van der Waals surface area contributed by atoms with Gasteiger partial charge < -0.3 is 10.8 Å². The molecule has 5 nitrogen and oxygen atoms in total. The van der Waals surface area contributed by atoms with E-state index in [9.17, 15) is 14.3 Å². The van der Waals surface area contributed by atoms with E-state index in [4.69, 9.17) is 5.73 Å². The van der Waals surface area contributed by atoms with Gasteiger partial charge in [-0.05, 0) is 50.1 Å². The molecule has 0 spiro atoms. The molecule has 1 aliphatic rings. The van der Waals surface area contributed by atoms with Crippen molar-refractivity contribution in [1.82, 2.24) is 9.78 Å². The predicted molar refractivity (Wildman–Crippen MR) is 75.2 cm³/mol. The Morgan fingerprint density at radius 3 is 2.76 bits per heavy atom. The molecule has 1 aliphatic carbocycles. The van der Waals surface area contributed by atoms with Crippen LogP contribution in [0.3, 0.4) is 0 Å². The van der Waals surface area contributed by atoms with E-state index in [2.05, 4.69) is 5.10 Å². The second kappa shape index (κ2) is 5.29. The largest absolute Gasteiger partial charge is 0.476 e. The number of nitrogens with zero attached hydrogens (tertiary/aromatic N) is 2. The van der Waals surface area contributed by atoms with Gasteiger partial charge in [-0.25, -0.2) is 13.9 Å². The van der Waals surface area contributed by atoms with E-state index < -0.39 is 5.97 Å². The maximum Gasteiger partial charge on any atom is 0.356 e. The summed E-state index contributed by atoms with van der Waals surface area (Å²) in [5.41, 5.74) is 8.11. The first kappa shape index (κ1) is 13.8. The summed E-state index contributed by atoms with van der Waals surface area (Å²) in [5.74, 6) is -1.36. The highest BCUT2D eigenvalue weighted by atomic mass is 19.1. The van der Waals surface area contributed by atoms with Crippen LogP contribution >= 0.6 is 0 Å². The van der Waals surface area contributed by atoms with Gasteiger partial charge in [-0.2, -0.15) is 5.10 Å². The second-order valence-corrected chi connectivity index (χ2v) is 5.23. The molecule has 3 N–H and O–H groups in total. The minimum Gasteiger partial charge on any atom is -0.476 e. The molecule has 0 aliphatic heterocycles. The molecule has 1 aromatic heterocycles. The number of benzene rings is 1. The summed E-state index contributed by atoms with van der Waals surface area (Å²) >= 11 is 0. The van der Waals surface area contributed by atoms with Crippen molar-refractivity contribution in [2.24, 2.45) is 5.73 Å². The lowest BCUT2D eigenvalue weighted by Gasteiger charge is -2.22. The Morgan fingerprint density at radius 1 is 1.43 bits per heavy atom. The van der Waals surface area contributed by atoms with E-state index in [1.807, 2.05) is 0 Å². The molecule has 110 valence electrons. The second-order valence-electron chi connectivity index (χ2n) is 5.23. The van der Waals surface area contributed by atoms with Gasteiger partial charge in [0.15, 0.2) is 5.69 Å². The fraction of sp³-hybridized carbons (Fsp3) is 0.333. The lowest BCUT2D eigenvalue weighted by atomic mass is 9.85. The minimum absolute atomic E-state index is 0.0223. The molecule has 1 unspecified atom stereocenters. The van der Waals surface area contributed by atoms with Crippen LogP contribution in [0.5, 0.6) is 0 Å². The molecule has 1 atom stereocenters. The zero-order valence-corrected chi connectivity index (χ0v) is 11.4. The lowest BCUT2D eigenvalue weighted by molar-refractivity contribution is 0.0688. The standard InChI is InChI=1S/C15H16FN3O2/c16-10-4-6-11(7-5-10)19-12-3-1-2-9(8-17)13(12)14(18-19)15(20)21/h4-7,9H,1-3,8,17H2,(H,20,21). The zero-order chi connectivity index (χ0) is 15.0. The molecule has 1 heterocycles. The third kappa shape index (κ3) is 2.31. The fourth-order valence-corrected chi connectivity index (χ4v) is 2.98. The van der Waals surface area contributed by atoms with Crippen LogP contribution in [-0.2, 0) is 6.42 Å². The van der Waals surface area contributed by atoms with Crippen LogP contribution in [0.2, 0.25) is 0 Å². The monoisotopic (exact) mass is 289 g/mol. The first-order valence-corrected chi connectivity index (χ1v) is 6.93. The van der Waals surface area contributed by atoms with Crippen molar-refractivity contribution < 1.29 is 14.3 Å². The Kier molecular flexibility index (Phi) is 3.47. The summed E-state index contributed by atoms with van der Waals surface area (Å²) in [6.07, 6.45) is 2.57. The summed E-state index contributed by atoms with van der Waals surface area (Å²) < 4.78 is 14.7. The van der Waals surface area contributed by atoms with Crippen LogP contribution in [0.15, 0.2) is 24.3 Å². The first-order chi connectivity index (χ1) is 10.1. The van der Waals surface area contributed by atoms with Crippen molar-refractivity contribution in [3.05, 3.63) is 47.0 Å². The number of halogens is 1. The fourth-order valence-electron chi connectivity index (χ4n) is 2.98. The maximum absolute atomic E-state index is 13.1. The highest BCUT2D eigenvalue weighted by Crippen LogP contribution is 2.34. The van der Waals surface area contributed by atoms with Crippen LogP contribution in [0.4, 0.5) is 4.39 Å². The number of fused-ring (bicyclic) bond motifs is 1. The van der Waals surface area contributed by atoms with E-state index in [-0.39, 0.29) is 17.4 Å². The van der Waals surface area contributed by atoms with E-state index in [1.165, 1.54) is 12.1 Å². The lowest BCUT2D eigenvalue weighted by Crippen LogP contribution is -2.20. The Labute approximate surface area is 121 Å². The maximum atomic E-state index is 13.1. The van der Waals surface area contributed by atoms with Gasteiger partial charge in [-0.15, -0.1) is 0 Å². The minimum atomic E-state index is -1.05. The molecule has 3 rings (SSSR count). The van der Waals surface area contributed by atoms with Crippen molar-refractivity contribution in [1.29, 1.82) is 0 Å². The molecular formula is C15H16FN3O2. The van der Waals surface area contributed by atoms with E-state index >= 15 is 0 Å². The number of hydrogen-bond donors (Lipinski definition) is 2. The van der Waals surface area contributed by atoms with Gasteiger partial charge in [-0.3, -0.25) is 0 Å². The van der Waals surface area contributed by atoms with Crippen LogP contribution in [0.1, 0.15) is 40.5 Å². The summed E-state index contributed by atoms with van der Waals surface area (Å²) in [6, 6.07) is 5.88. The molecule has 0 radical (unpaired) electrons. The molecule has 1 aromatic carbocycles. The van der Waals surface area contributed by atoms with Crippen molar-refractivity contribution in [2.45, 2.75) is 25.2 Å². The van der Waals surface area contributed by atoms with Gasteiger partial charge in [0.1, 0.15) is 5.82 Å². The molecule has 0 saturated carbocycles. The van der Waals surface area contributed by atoms with Crippen LogP contribution in [0, 0.1) is 5.82 Å².